The van der Waals surface area contributed by atoms with E-state index in [1.807, 2.05) is 0 Å². The molecule has 2 aliphatic rings. The van der Waals surface area contributed by atoms with Crippen molar-refractivity contribution in [1.82, 2.24) is 5.32 Å². The first-order chi connectivity index (χ1) is 9.45. The van der Waals surface area contributed by atoms with Crippen LogP contribution in [0.3, 0.4) is 0 Å². The summed E-state index contributed by atoms with van der Waals surface area (Å²) in [7, 11) is 0. The van der Waals surface area contributed by atoms with Crippen molar-refractivity contribution in [1.29, 1.82) is 0 Å². The number of rotatable bonds is 2. The minimum atomic E-state index is 0.698. The third kappa shape index (κ3) is 1.73. The molecule has 1 N–H and O–H groups in total. The first-order valence-corrected chi connectivity index (χ1v) is 7.26. The third-order valence-electron chi connectivity index (χ3n) is 4.99. The fraction of sp³-hybridized carbons (Fsp3) is 0.333. The summed E-state index contributed by atoms with van der Waals surface area (Å²) in [5, 5.41) is 3.58. The van der Waals surface area contributed by atoms with Gasteiger partial charge in [0.15, 0.2) is 0 Å². The lowest BCUT2D eigenvalue weighted by Gasteiger charge is -2.49. The van der Waals surface area contributed by atoms with E-state index in [9.17, 15) is 0 Å². The summed E-state index contributed by atoms with van der Waals surface area (Å²) in [6.45, 7) is 2.38. The van der Waals surface area contributed by atoms with Crippen molar-refractivity contribution in [3.8, 4) is 0 Å². The van der Waals surface area contributed by atoms with Gasteiger partial charge in [-0.05, 0) is 47.9 Å². The molecule has 2 aromatic rings. The summed E-state index contributed by atoms with van der Waals surface area (Å²) in [6.07, 6.45) is 0. The Labute approximate surface area is 114 Å². The van der Waals surface area contributed by atoms with Crippen molar-refractivity contribution in [2.24, 2.45) is 11.8 Å². The predicted molar refractivity (Wildman–Crippen MR) is 78.2 cm³/mol. The first-order valence-electron chi connectivity index (χ1n) is 7.26. The van der Waals surface area contributed by atoms with Crippen LogP contribution in [0.25, 0.3) is 0 Å². The van der Waals surface area contributed by atoms with E-state index in [1.54, 1.807) is 0 Å². The number of benzene rings is 2. The van der Waals surface area contributed by atoms with Gasteiger partial charge < -0.3 is 5.32 Å². The molecule has 4 unspecified atom stereocenters. The van der Waals surface area contributed by atoms with Crippen LogP contribution < -0.4 is 5.32 Å². The molecule has 1 heterocycles. The monoisotopic (exact) mass is 249 g/mol. The van der Waals surface area contributed by atoms with Gasteiger partial charge >= 0.3 is 0 Å². The molecule has 1 aliphatic carbocycles. The molecule has 1 saturated carbocycles. The molecule has 1 heteroatoms. The molecule has 96 valence electrons. The van der Waals surface area contributed by atoms with E-state index in [-0.39, 0.29) is 0 Å². The SMILES string of the molecule is c1ccc(C2C3CNCC3C2c2ccccc2)cc1. The Morgan fingerprint density at radius 3 is 1.47 bits per heavy atom. The van der Waals surface area contributed by atoms with Gasteiger partial charge in [-0.1, -0.05) is 60.7 Å². The Morgan fingerprint density at radius 1 is 0.632 bits per heavy atom. The minimum absolute atomic E-state index is 0.698. The third-order valence-corrected chi connectivity index (χ3v) is 4.99. The van der Waals surface area contributed by atoms with Crippen molar-refractivity contribution < 1.29 is 0 Å². The zero-order chi connectivity index (χ0) is 12.7. The molecule has 0 bridgehead atoms. The Kier molecular flexibility index (Phi) is 2.66. The molecule has 0 aromatic heterocycles. The maximum atomic E-state index is 3.58. The van der Waals surface area contributed by atoms with Gasteiger partial charge in [-0.2, -0.15) is 0 Å². The minimum Gasteiger partial charge on any atom is -0.316 e. The summed E-state index contributed by atoms with van der Waals surface area (Å²) in [5.41, 5.74) is 3.03. The standard InChI is InChI=1S/C18H19N/c1-3-7-13(8-4-1)17-15-11-19-12-16(15)18(17)14-9-5-2-6-10-14/h1-10,15-19H,11-12H2. The van der Waals surface area contributed by atoms with Crippen LogP contribution >= 0.6 is 0 Å². The van der Waals surface area contributed by atoms with Gasteiger partial charge in [0.05, 0.1) is 0 Å². The Balaban J connectivity index is 1.72. The van der Waals surface area contributed by atoms with Crippen molar-refractivity contribution in [2.75, 3.05) is 13.1 Å². The van der Waals surface area contributed by atoms with Gasteiger partial charge in [0.1, 0.15) is 0 Å². The lowest BCUT2D eigenvalue weighted by molar-refractivity contribution is 0.142. The van der Waals surface area contributed by atoms with Gasteiger partial charge in [0, 0.05) is 0 Å². The Bertz CT molecular complexity index is 497. The van der Waals surface area contributed by atoms with Crippen molar-refractivity contribution in [3.05, 3.63) is 71.8 Å². The maximum Gasteiger partial charge on any atom is -0.00110 e. The lowest BCUT2D eigenvalue weighted by Crippen LogP contribution is -2.42. The summed E-state index contributed by atoms with van der Waals surface area (Å²) >= 11 is 0. The number of hydrogen-bond acceptors (Lipinski definition) is 1. The molecule has 2 fully saturated rings. The molecule has 4 atom stereocenters. The van der Waals surface area contributed by atoms with E-state index in [1.165, 1.54) is 24.2 Å². The van der Waals surface area contributed by atoms with Gasteiger partial charge in [-0.3, -0.25) is 0 Å². The predicted octanol–water partition coefficient (Wildman–Crippen LogP) is 3.40. The van der Waals surface area contributed by atoms with Crippen molar-refractivity contribution >= 4 is 0 Å². The lowest BCUT2D eigenvalue weighted by atomic mass is 9.54. The molecule has 0 radical (unpaired) electrons. The zero-order valence-corrected chi connectivity index (χ0v) is 11.0. The molecule has 0 spiro atoms. The van der Waals surface area contributed by atoms with E-state index in [0.717, 1.165) is 11.8 Å². The van der Waals surface area contributed by atoms with Crippen molar-refractivity contribution in [3.63, 3.8) is 0 Å². The normalized spacial score (nSPS) is 32.6. The number of fused-ring (bicyclic) bond motifs is 1. The van der Waals surface area contributed by atoms with Crippen molar-refractivity contribution in [2.45, 2.75) is 11.8 Å². The van der Waals surface area contributed by atoms with Crippen LogP contribution in [-0.4, -0.2) is 13.1 Å². The quantitative estimate of drug-likeness (QED) is 0.860. The molecular formula is C18H19N. The van der Waals surface area contributed by atoms with Crippen LogP contribution in [0, 0.1) is 11.8 Å². The van der Waals surface area contributed by atoms with Crippen LogP contribution in [0.5, 0.6) is 0 Å². The van der Waals surface area contributed by atoms with Gasteiger partial charge in [-0.15, -0.1) is 0 Å². The Morgan fingerprint density at radius 2 is 1.05 bits per heavy atom. The summed E-state index contributed by atoms with van der Waals surface area (Å²) in [4.78, 5) is 0. The molecule has 1 nitrogen and oxygen atoms in total. The van der Waals surface area contributed by atoms with Crippen LogP contribution in [0.4, 0.5) is 0 Å². The van der Waals surface area contributed by atoms with Crippen LogP contribution in [0.1, 0.15) is 23.0 Å². The Hall–Kier alpha value is -1.60. The van der Waals surface area contributed by atoms with E-state index in [2.05, 4.69) is 66.0 Å². The molecule has 0 amide bonds. The largest absolute Gasteiger partial charge is 0.316 e. The van der Waals surface area contributed by atoms with Gasteiger partial charge in [0.25, 0.3) is 0 Å². The smallest absolute Gasteiger partial charge is 0.00110 e. The fourth-order valence-corrected chi connectivity index (χ4v) is 4.15. The fourth-order valence-electron chi connectivity index (χ4n) is 4.15. The molecule has 4 rings (SSSR count). The van der Waals surface area contributed by atoms with Crippen LogP contribution in [-0.2, 0) is 0 Å². The molecule has 1 saturated heterocycles. The molecule has 1 aliphatic heterocycles. The highest BCUT2D eigenvalue weighted by Crippen LogP contribution is 2.58. The van der Waals surface area contributed by atoms with Crippen LogP contribution in [0.15, 0.2) is 60.7 Å². The highest BCUT2D eigenvalue weighted by Gasteiger charge is 2.53. The highest BCUT2D eigenvalue weighted by molar-refractivity contribution is 5.36. The number of hydrogen-bond donors (Lipinski definition) is 1. The maximum absolute atomic E-state index is 3.58. The second-order valence-electron chi connectivity index (χ2n) is 5.86. The second kappa shape index (κ2) is 4.50. The second-order valence-corrected chi connectivity index (χ2v) is 5.86. The summed E-state index contributed by atoms with van der Waals surface area (Å²) in [6, 6.07) is 22.1. The topological polar surface area (TPSA) is 12.0 Å². The van der Waals surface area contributed by atoms with E-state index >= 15 is 0 Å². The van der Waals surface area contributed by atoms with E-state index < -0.39 is 0 Å². The first kappa shape index (κ1) is 11.2. The molecule has 19 heavy (non-hydrogen) atoms. The number of nitrogens with one attached hydrogen (secondary N) is 1. The zero-order valence-electron chi connectivity index (χ0n) is 11.0. The molecular weight excluding hydrogens is 230 g/mol. The van der Waals surface area contributed by atoms with Gasteiger partial charge in [-0.25, -0.2) is 0 Å². The average Bonchev–Trinajstić information content (AvgIpc) is 2.85. The van der Waals surface area contributed by atoms with E-state index in [0.29, 0.717) is 11.8 Å². The van der Waals surface area contributed by atoms with E-state index in [4.69, 9.17) is 0 Å². The van der Waals surface area contributed by atoms with Crippen LogP contribution in [0.2, 0.25) is 0 Å². The average molecular weight is 249 g/mol. The molecule has 2 aromatic carbocycles. The highest BCUT2D eigenvalue weighted by atomic mass is 14.9. The van der Waals surface area contributed by atoms with Gasteiger partial charge in [0.2, 0.25) is 0 Å². The summed E-state index contributed by atoms with van der Waals surface area (Å²) < 4.78 is 0. The summed E-state index contributed by atoms with van der Waals surface area (Å²) in [5.74, 6) is 3.05.